The lowest BCUT2D eigenvalue weighted by Crippen LogP contribution is -2.48. The Bertz CT molecular complexity index is 1010. The molecule has 0 radical (unpaired) electrons. The number of amides is 1. The zero-order chi connectivity index (χ0) is 18.4. The molecule has 2 aliphatic rings. The van der Waals surface area contributed by atoms with Gasteiger partial charge in [0.05, 0.1) is 11.6 Å². The fraction of sp³-hybridized carbons (Fsp3) is 0.318. The van der Waals surface area contributed by atoms with Gasteiger partial charge >= 0.3 is 0 Å². The Labute approximate surface area is 167 Å². The molecule has 0 spiro atoms. The summed E-state index contributed by atoms with van der Waals surface area (Å²) in [4.78, 5) is 19.0. The minimum atomic E-state index is 0.00797. The molecular formula is C22H22BrN3O. The molecule has 1 saturated heterocycles. The summed E-state index contributed by atoms with van der Waals surface area (Å²) in [6.45, 7) is 2.13. The van der Waals surface area contributed by atoms with E-state index in [0.717, 1.165) is 36.8 Å². The maximum atomic E-state index is 12.7. The number of para-hydroxylation sites is 1. The van der Waals surface area contributed by atoms with Crippen LogP contribution in [0.5, 0.6) is 0 Å². The van der Waals surface area contributed by atoms with Gasteiger partial charge in [0.25, 0.3) is 5.91 Å². The molecule has 1 amide bonds. The van der Waals surface area contributed by atoms with Gasteiger partial charge < -0.3 is 10.3 Å². The maximum Gasteiger partial charge on any atom is 0.252 e. The summed E-state index contributed by atoms with van der Waals surface area (Å²) in [6.07, 6.45) is 3.06. The topological polar surface area (TPSA) is 48.1 Å². The van der Waals surface area contributed by atoms with E-state index >= 15 is 0 Å². The third kappa shape index (κ3) is 2.99. The van der Waals surface area contributed by atoms with Crippen LogP contribution in [0.25, 0.3) is 10.9 Å². The van der Waals surface area contributed by atoms with Gasteiger partial charge in [0.2, 0.25) is 0 Å². The van der Waals surface area contributed by atoms with E-state index in [2.05, 4.69) is 55.4 Å². The lowest BCUT2D eigenvalue weighted by atomic mass is 9.88. The van der Waals surface area contributed by atoms with Crippen LogP contribution in [-0.2, 0) is 6.42 Å². The van der Waals surface area contributed by atoms with Crippen molar-refractivity contribution in [2.45, 2.75) is 31.3 Å². The zero-order valence-electron chi connectivity index (χ0n) is 15.0. The Morgan fingerprint density at radius 1 is 1.11 bits per heavy atom. The molecule has 5 rings (SSSR count). The Morgan fingerprint density at radius 3 is 2.81 bits per heavy atom. The van der Waals surface area contributed by atoms with Crippen molar-refractivity contribution in [3.8, 4) is 0 Å². The molecule has 4 nitrogen and oxygen atoms in total. The number of hydrogen-bond donors (Lipinski definition) is 2. The lowest BCUT2D eigenvalue weighted by molar-refractivity contribution is 0.0838. The average molecular weight is 424 g/mol. The van der Waals surface area contributed by atoms with Gasteiger partial charge in [0.15, 0.2) is 0 Å². The molecule has 5 heteroatoms. The van der Waals surface area contributed by atoms with E-state index in [1.165, 1.54) is 22.2 Å². The number of fused-ring (bicyclic) bond motifs is 5. The number of H-pyrrole nitrogens is 1. The second-order valence-corrected chi connectivity index (χ2v) is 8.39. The lowest BCUT2D eigenvalue weighted by Gasteiger charge is -2.42. The van der Waals surface area contributed by atoms with Gasteiger partial charge in [-0.3, -0.25) is 9.69 Å². The van der Waals surface area contributed by atoms with Crippen LogP contribution < -0.4 is 5.32 Å². The van der Waals surface area contributed by atoms with Gasteiger partial charge in [-0.25, -0.2) is 0 Å². The normalized spacial score (nSPS) is 22.3. The van der Waals surface area contributed by atoms with Crippen LogP contribution >= 0.6 is 15.9 Å². The van der Waals surface area contributed by atoms with Gasteiger partial charge in [0.1, 0.15) is 0 Å². The van der Waals surface area contributed by atoms with Gasteiger partial charge in [-0.2, -0.15) is 0 Å². The van der Waals surface area contributed by atoms with Gasteiger partial charge in [-0.1, -0.05) is 30.3 Å². The van der Waals surface area contributed by atoms with Crippen LogP contribution in [-0.4, -0.2) is 34.9 Å². The van der Waals surface area contributed by atoms with Gasteiger partial charge in [-0.15, -0.1) is 0 Å². The number of aromatic amines is 1. The van der Waals surface area contributed by atoms with Crippen LogP contribution in [0.1, 0.15) is 40.5 Å². The number of halogens is 1. The Morgan fingerprint density at radius 2 is 1.93 bits per heavy atom. The van der Waals surface area contributed by atoms with Crippen molar-refractivity contribution >= 4 is 32.7 Å². The van der Waals surface area contributed by atoms with Gasteiger partial charge in [0, 0.05) is 40.2 Å². The first kappa shape index (κ1) is 17.0. The second-order valence-electron chi connectivity index (χ2n) is 7.54. The molecule has 3 heterocycles. The van der Waals surface area contributed by atoms with E-state index in [0.29, 0.717) is 11.6 Å². The largest absolute Gasteiger partial charge is 0.357 e. The molecular weight excluding hydrogens is 402 g/mol. The summed E-state index contributed by atoms with van der Waals surface area (Å²) in [5.41, 5.74) is 4.74. The fourth-order valence-corrected chi connectivity index (χ4v) is 5.12. The van der Waals surface area contributed by atoms with E-state index in [9.17, 15) is 4.79 Å². The van der Waals surface area contributed by atoms with Crippen LogP contribution in [0.15, 0.2) is 53.0 Å². The van der Waals surface area contributed by atoms with Crippen LogP contribution in [0, 0.1) is 0 Å². The van der Waals surface area contributed by atoms with E-state index in [1.807, 2.05) is 24.3 Å². The first-order valence-corrected chi connectivity index (χ1v) is 10.4. The number of carbonyl (C=O) groups excluding carboxylic acids is 1. The molecule has 2 aliphatic heterocycles. The van der Waals surface area contributed by atoms with Crippen molar-refractivity contribution in [1.29, 1.82) is 0 Å². The number of nitrogens with one attached hydrogen (secondary N) is 2. The SMILES string of the molecule is O=C(N[C@@H]1CCN2CCc3c([nH]c4ccccc34)[C@@H]2C1)c1ccccc1Br. The molecule has 1 fully saturated rings. The number of carbonyl (C=O) groups is 1. The summed E-state index contributed by atoms with van der Waals surface area (Å²) in [5, 5.41) is 4.62. The van der Waals surface area contributed by atoms with E-state index in [1.54, 1.807) is 0 Å². The number of rotatable bonds is 2. The Kier molecular flexibility index (Phi) is 4.29. The molecule has 2 aromatic carbocycles. The number of nitrogens with zero attached hydrogens (tertiary/aromatic N) is 1. The van der Waals surface area contributed by atoms with Crippen LogP contribution in [0.2, 0.25) is 0 Å². The van der Waals surface area contributed by atoms with E-state index in [4.69, 9.17) is 0 Å². The third-order valence-electron chi connectivity index (χ3n) is 6.00. The minimum Gasteiger partial charge on any atom is -0.357 e. The predicted molar refractivity (Wildman–Crippen MR) is 111 cm³/mol. The molecule has 2 atom stereocenters. The maximum absolute atomic E-state index is 12.7. The van der Waals surface area contributed by atoms with Crippen molar-refractivity contribution in [2.24, 2.45) is 0 Å². The predicted octanol–water partition coefficient (Wildman–Crippen LogP) is 4.42. The first-order chi connectivity index (χ1) is 13.2. The highest BCUT2D eigenvalue weighted by Gasteiger charge is 2.36. The third-order valence-corrected chi connectivity index (χ3v) is 6.69. The van der Waals surface area contributed by atoms with E-state index < -0.39 is 0 Å². The smallest absolute Gasteiger partial charge is 0.252 e. The molecule has 27 heavy (non-hydrogen) atoms. The Hall–Kier alpha value is -2.11. The summed E-state index contributed by atoms with van der Waals surface area (Å²) in [5.74, 6) is 0.00797. The quantitative estimate of drug-likeness (QED) is 0.640. The highest BCUT2D eigenvalue weighted by molar-refractivity contribution is 9.10. The van der Waals surface area contributed by atoms with Crippen LogP contribution in [0.3, 0.4) is 0 Å². The average Bonchev–Trinajstić information content (AvgIpc) is 3.07. The molecule has 3 aromatic rings. The number of benzene rings is 2. The summed E-state index contributed by atoms with van der Waals surface area (Å²) < 4.78 is 0.843. The molecule has 1 aromatic heterocycles. The highest BCUT2D eigenvalue weighted by Crippen LogP contribution is 2.39. The summed E-state index contributed by atoms with van der Waals surface area (Å²) in [6, 6.07) is 16.7. The van der Waals surface area contributed by atoms with Crippen molar-refractivity contribution in [2.75, 3.05) is 13.1 Å². The van der Waals surface area contributed by atoms with Crippen molar-refractivity contribution in [1.82, 2.24) is 15.2 Å². The molecule has 2 N–H and O–H groups in total. The van der Waals surface area contributed by atoms with Crippen molar-refractivity contribution in [3.63, 3.8) is 0 Å². The first-order valence-electron chi connectivity index (χ1n) is 9.59. The number of aromatic nitrogens is 1. The van der Waals surface area contributed by atoms with E-state index in [-0.39, 0.29) is 11.9 Å². The molecule has 0 unspecified atom stereocenters. The van der Waals surface area contributed by atoms with Crippen molar-refractivity contribution in [3.05, 3.63) is 69.8 Å². The molecule has 138 valence electrons. The molecule has 0 saturated carbocycles. The Balaban J connectivity index is 1.39. The monoisotopic (exact) mass is 423 g/mol. The molecule has 0 bridgehead atoms. The summed E-state index contributed by atoms with van der Waals surface area (Å²) >= 11 is 3.48. The fourth-order valence-electron chi connectivity index (χ4n) is 4.65. The highest BCUT2D eigenvalue weighted by atomic mass is 79.9. The molecule has 0 aliphatic carbocycles. The number of hydrogen-bond acceptors (Lipinski definition) is 2. The van der Waals surface area contributed by atoms with Crippen molar-refractivity contribution < 1.29 is 4.79 Å². The summed E-state index contributed by atoms with van der Waals surface area (Å²) in [7, 11) is 0. The minimum absolute atomic E-state index is 0.00797. The zero-order valence-corrected chi connectivity index (χ0v) is 16.6. The standard InChI is InChI=1S/C22H22BrN3O/c23-18-7-3-1-6-17(18)22(27)24-14-9-11-26-12-10-16-15-5-2-4-8-19(15)25-21(16)20(26)13-14/h1-8,14,20,25H,9-13H2,(H,24,27)/t14-,20+/m1/s1. The number of piperidine rings is 1. The second kappa shape index (κ2) is 6.80. The van der Waals surface area contributed by atoms with Crippen LogP contribution in [0.4, 0.5) is 0 Å². The van der Waals surface area contributed by atoms with Gasteiger partial charge in [-0.05, 0) is 59.0 Å².